The second-order valence-corrected chi connectivity index (χ2v) is 7.76. The number of hydrogen-bond donors (Lipinski definition) is 2. The summed E-state index contributed by atoms with van der Waals surface area (Å²) in [5, 5.41) is 5.59. The lowest BCUT2D eigenvalue weighted by Gasteiger charge is -2.18. The molecule has 1 aliphatic heterocycles. The Balaban J connectivity index is 1.38. The molecule has 5 nitrogen and oxygen atoms in total. The van der Waals surface area contributed by atoms with E-state index in [1.54, 1.807) is 6.20 Å². The van der Waals surface area contributed by atoms with E-state index in [4.69, 9.17) is 17.3 Å². The topological polar surface area (TPSA) is 67.1 Å². The van der Waals surface area contributed by atoms with E-state index in [-0.39, 0.29) is 12.3 Å². The van der Waals surface area contributed by atoms with Gasteiger partial charge in [0.15, 0.2) is 0 Å². The predicted molar refractivity (Wildman–Crippen MR) is 114 cm³/mol. The fourth-order valence-electron chi connectivity index (χ4n) is 3.74. The van der Waals surface area contributed by atoms with Crippen molar-refractivity contribution in [2.24, 2.45) is 5.92 Å². The number of nitrogens with one attached hydrogen (secondary N) is 1. The van der Waals surface area contributed by atoms with Crippen molar-refractivity contribution in [1.29, 1.82) is 0 Å². The summed E-state index contributed by atoms with van der Waals surface area (Å²) in [4.78, 5) is 10.7. The van der Waals surface area contributed by atoms with Gasteiger partial charge in [0, 0.05) is 54.9 Å². The fourth-order valence-corrected chi connectivity index (χ4v) is 3.94. The number of benzene rings is 1. The number of rotatable bonds is 6. The number of pyridine rings is 2. The average molecular weight is 418 g/mol. The van der Waals surface area contributed by atoms with Crippen LogP contribution in [0.1, 0.15) is 18.4 Å². The van der Waals surface area contributed by atoms with Crippen LogP contribution in [-0.4, -0.2) is 29.5 Å². The molecule has 0 radical (unpaired) electrons. The smallest absolute Gasteiger partial charge is 0.239 e. The van der Waals surface area contributed by atoms with Crippen LogP contribution in [0.15, 0.2) is 42.7 Å². The first-order valence-corrected chi connectivity index (χ1v) is 9.93. The highest BCUT2D eigenvalue weighted by Crippen LogP contribution is 2.29. The van der Waals surface area contributed by atoms with Crippen LogP contribution < -0.4 is 16.0 Å². The van der Waals surface area contributed by atoms with Gasteiger partial charge >= 0.3 is 0 Å². The Hall–Kier alpha value is -2.67. The molecule has 3 heterocycles. The molecule has 0 spiro atoms. The van der Waals surface area contributed by atoms with Crippen LogP contribution in [-0.2, 0) is 6.54 Å². The van der Waals surface area contributed by atoms with Crippen molar-refractivity contribution < 1.29 is 8.78 Å². The van der Waals surface area contributed by atoms with Crippen LogP contribution >= 0.6 is 11.6 Å². The molecule has 1 fully saturated rings. The van der Waals surface area contributed by atoms with Crippen molar-refractivity contribution in [3.8, 4) is 0 Å². The monoisotopic (exact) mass is 417 g/mol. The van der Waals surface area contributed by atoms with Gasteiger partial charge in [0.05, 0.1) is 5.02 Å². The Labute approximate surface area is 172 Å². The number of alkyl halides is 2. The zero-order chi connectivity index (χ0) is 20.4. The van der Waals surface area contributed by atoms with E-state index < -0.39 is 6.43 Å². The van der Waals surface area contributed by atoms with Crippen molar-refractivity contribution in [3.05, 3.63) is 53.3 Å². The Morgan fingerprint density at radius 1 is 1.17 bits per heavy atom. The van der Waals surface area contributed by atoms with E-state index in [1.165, 1.54) is 0 Å². The number of fused-ring (bicyclic) bond motifs is 1. The summed E-state index contributed by atoms with van der Waals surface area (Å²) in [5.74, 6) is 1.33. The van der Waals surface area contributed by atoms with E-state index in [1.807, 2.05) is 36.5 Å². The molecule has 1 atom stereocenters. The minimum atomic E-state index is -2.24. The van der Waals surface area contributed by atoms with E-state index in [0.717, 1.165) is 40.8 Å². The third kappa shape index (κ3) is 4.50. The van der Waals surface area contributed by atoms with Gasteiger partial charge in [-0.25, -0.2) is 18.7 Å². The maximum absolute atomic E-state index is 12.6. The lowest BCUT2D eigenvalue weighted by atomic mass is 10.1. The van der Waals surface area contributed by atoms with Gasteiger partial charge in [-0.1, -0.05) is 17.7 Å². The number of nitrogens with zero attached hydrogens (tertiary/aromatic N) is 3. The summed E-state index contributed by atoms with van der Waals surface area (Å²) >= 11 is 6.23. The summed E-state index contributed by atoms with van der Waals surface area (Å²) in [7, 11) is 0. The van der Waals surface area contributed by atoms with Gasteiger partial charge in [-0.05, 0) is 42.2 Å². The highest BCUT2D eigenvalue weighted by atomic mass is 35.5. The third-order valence-electron chi connectivity index (χ3n) is 5.30. The molecule has 0 bridgehead atoms. The minimum absolute atomic E-state index is 0.0318. The zero-order valence-electron chi connectivity index (χ0n) is 15.8. The van der Waals surface area contributed by atoms with Crippen molar-refractivity contribution in [3.63, 3.8) is 0 Å². The molecule has 8 heteroatoms. The Kier molecular flexibility index (Phi) is 5.67. The number of aromatic nitrogens is 2. The first kappa shape index (κ1) is 19.6. The third-order valence-corrected chi connectivity index (χ3v) is 5.60. The van der Waals surface area contributed by atoms with Crippen LogP contribution in [0, 0.1) is 5.92 Å². The highest BCUT2D eigenvalue weighted by Gasteiger charge is 2.25. The van der Waals surface area contributed by atoms with Gasteiger partial charge in [0.2, 0.25) is 6.43 Å². The van der Waals surface area contributed by atoms with Gasteiger partial charge in [-0.2, -0.15) is 0 Å². The molecule has 1 saturated heterocycles. The first-order valence-electron chi connectivity index (χ1n) is 9.55. The molecular formula is C21H22ClF2N5. The molecule has 1 aromatic carbocycles. The molecule has 0 saturated carbocycles. The molecule has 152 valence electrons. The lowest BCUT2D eigenvalue weighted by Crippen LogP contribution is -2.21. The number of nitrogen functional groups attached to an aromatic ring is 1. The molecule has 0 amide bonds. The summed E-state index contributed by atoms with van der Waals surface area (Å²) in [6, 6.07) is 9.74. The summed E-state index contributed by atoms with van der Waals surface area (Å²) in [5.41, 5.74) is 7.84. The van der Waals surface area contributed by atoms with Gasteiger partial charge in [0.1, 0.15) is 11.6 Å². The Bertz CT molecular complexity index is 996. The maximum Gasteiger partial charge on any atom is 0.239 e. The molecule has 3 N–H and O–H groups in total. The average Bonchev–Trinajstić information content (AvgIpc) is 3.17. The zero-order valence-corrected chi connectivity index (χ0v) is 16.5. The minimum Gasteiger partial charge on any atom is -0.383 e. The maximum atomic E-state index is 12.6. The quantitative estimate of drug-likeness (QED) is 0.593. The number of hydrogen-bond acceptors (Lipinski definition) is 5. The summed E-state index contributed by atoms with van der Waals surface area (Å²) in [6.07, 6.45) is 1.89. The molecule has 2 aromatic heterocycles. The van der Waals surface area contributed by atoms with E-state index >= 15 is 0 Å². The van der Waals surface area contributed by atoms with Crippen LogP contribution in [0.2, 0.25) is 5.02 Å². The van der Waals surface area contributed by atoms with E-state index in [2.05, 4.69) is 20.2 Å². The van der Waals surface area contributed by atoms with Gasteiger partial charge in [-0.3, -0.25) is 0 Å². The van der Waals surface area contributed by atoms with E-state index in [0.29, 0.717) is 23.9 Å². The fraction of sp³-hybridized carbons (Fsp3) is 0.333. The first-order chi connectivity index (χ1) is 14.0. The van der Waals surface area contributed by atoms with Crippen LogP contribution in [0.5, 0.6) is 0 Å². The van der Waals surface area contributed by atoms with Crippen molar-refractivity contribution >= 4 is 39.7 Å². The number of halogens is 3. The lowest BCUT2D eigenvalue weighted by molar-refractivity contribution is 0.118. The molecule has 29 heavy (non-hydrogen) atoms. The van der Waals surface area contributed by atoms with E-state index in [9.17, 15) is 8.78 Å². The summed E-state index contributed by atoms with van der Waals surface area (Å²) < 4.78 is 25.1. The molecule has 4 rings (SSSR count). The standard InChI is InChI=1S/C21H22ClF2N5/c22-18-11-28-21(25)16-3-2-15(8-17(16)18)26-9-14-1-4-20(27-10-14)29-6-5-13(12-29)7-19(23)24/h1-4,8,10-11,13,19,26H,5-7,9,12H2,(H2,25,28). The molecular weight excluding hydrogens is 396 g/mol. The van der Waals surface area contributed by atoms with Gasteiger partial charge < -0.3 is 16.0 Å². The van der Waals surface area contributed by atoms with Crippen LogP contribution in [0.4, 0.5) is 26.1 Å². The van der Waals surface area contributed by atoms with Crippen molar-refractivity contribution in [2.45, 2.75) is 25.8 Å². The van der Waals surface area contributed by atoms with Crippen molar-refractivity contribution in [1.82, 2.24) is 9.97 Å². The van der Waals surface area contributed by atoms with Gasteiger partial charge in [0.25, 0.3) is 0 Å². The highest BCUT2D eigenvalue weighted by molar-refractivity contribution is 6.35. The molecule has 1 aliphatic rings. The molecule has 3 aromatic rings. The number of nitrogens with two attached hydrogens (primary N) is 1. The second kappa shape index (κ2) is 8.37. The summed E-state index contributed by atoms with van der Waals surface area (Å²) in [6.45, 7) is 2.02. The van der Waals surface area contributed by atoms with Crippen LogP contribution in [0.25, 0.3) is 10.8 Å². The predicted octanol–water partition coefficient (Wildman–Crippen LogP) is 4.96. The second-order valence-electron chi connectivity index (χ2n) is 7.36. The largest absolute Gasteiger partial charge is 0.383 e. The number of anilines is 3. The normalized spacial score (nSPS) is 16.7. The molecule has 0 aliphatic carbocycles. The SMILES string of the molecule is Nc1ncc(Cl)c2cc(NCc3ccc(N4CCC(CC(F)F)C4)nc3)ccc12. The van der Waals surface area contributed by atoms with Crippen molar-refractivity contribution in [2.75, 3.05) is 29.0 Å². The molecule has 1 unspecified atom stereocenters. The van der Waals surface area contributed by atoms with Crippen LogP contribution in [0.3, 0.4) is 0 Å². The van der Waals surface area contributed by atoms with Gasteiger partial charge in [-0.15, -0.1) is 0 Å². The Morgan fingerprint density at radius 2 is 2.03 bits per heavy atom. The Morgan fingerprint density at radius 3 is 2.79 bits per heavy atom.